The van der Waals surface area contributed by atoms with Gasteiger partial charge in [-0.1, -0.05) is 35.5 Å². The first-order valence-electron chi connectivity index (χ1n) is 8.06. The van der Waals surface area contributed by atoms with E-state index in [1.165, 1.54) is 0 Å². The van der Waals surface area contributed by atoms with Crippen LogP contribution in [0.1, 0.15) is 11.9 Å². The van der Waals surface area contributed by atoms with Crippen molar-refractivity contribution in [3.05, 3.63) is 54.6 Å². The van der Waals surface area contributed by atoms with Gasteiger partial charge in [-0.25, -0.2) is 0 Å². The van der Waals surface area contributed by atoms with E-state index in [1.54, 1.807) is 6.20 Å². The Labute approximate surface area is 152 Å². The molecule has 7 heteroatoms. The number of nitrogens with one attached hydrogen (secondary N) is 1. The van der Waals surface area contributed by atoms with Crippen LogP contribution in [0.3, 0.4) is 0 Å². The molecular weight excluding hydrogens is 338 g/mol. The molecule has 3 heterocycles. The molecule has 1 fully saturated rings. The quantitative estimate of drug-likeness (QED) is 0.777. The molecular formula is C18H20ClN5O. The highest BCUT2D eigenvalue weighted by molar-refractivity contribution is 5.85. The number of likely N-dealkylation sites (N-methyl/N-ethyl adjacent to an activating group) is 1. The zero-order valence-electron chi connectivity index (χ0n) is 13.9. The monoisotopic (exact) mass is 357 g/mol. The van der Waals surface area contributed by atoms with Gasteiger partial charge < -0.3 is 9.84 Å². The van der Waals surface area contributed by atoms with Gasteiger partial charge in [0.1, 0.15) is 0 Å². The van der Waals surface area contributed by atoms with E-state index in [2.05, 4.69) is 44.5 Å². The maximum Gasteiger partial charge on any atom is 0.259 e. The molecule has 1 atom stereocenters. The highest BCUT2D eigenvalue weighted by Crippen LogP contribution is 2.26. The van der Waals surface area contributed by atoms with E-state index in [9.17, 15) is 0 Å². The second-order valence-corrected chi connectivity index (χ2v) is 5.99. The third-order valence-corrected chi connectivity index (χ3v) is 4.34. The van der Waals surface area contributed by atoms with Gasteiger partial charge in [-0.2, -0.15) is 4.98 Å². The van der Waals surface area contributed by atoms with Crippen molar-refractivity contribution in [1.82, 2.24) is 25.3 Å². The molecule has 1 N–H and O–H groups in total. The zero-order valence-corrected chi connectivity index (χ0v) is 14.7. The Morgan fingerprint density at radius 1 is 1.12 bits per heavy atom. The average Bonchev–Trinajstić information content (AvgIpc) is 3.13. The van der Waals surface area contributed by atoms with Crippen LogP contribution in [0, 0.1) is 0 Å². The van der Waals surface area contributed by atoms with Crippen LogP contribution in [0.4, 0.5) is 0 Å². The molecule has 1 aliphatic heterocycles. The fraction of sp³-hybridized carbons (Fsp3) is 0.278. The van der Waals surface area contributed by atoms with Crippen molar-refractivity contribution in [3.8, 4) is 22.6 Å². The van der Waals surface area contributed by atoms with Gasteiger partial charge in [0.15, 0.2) is 5.82 Å². The molecule has 4 rings (SSSR count). The van der Waals surface area contributed by atoms with Gasteiger partial charge in [-0.15, -0.1) is 12.4 Å². The summed E-state index contributed by atoms with van der Waals surface area (Å²) in [6, 6.07) is 12.3. The summed E-state index contributed by atoms with van der Waals surface area (Å²) in [6.45, 7) is 2.79. The first-order valence-corrected chi connectivity index (χ1v) is 8.06. The summed E-state index contributed by atoms with van der Waals surface area (Å²) in [5.74, 6) is 1.22. The third kappa shape index (κ3) is 3.71. The van der Waals surface area contributed by atoms with Crippen molar-refractivity contribution in [2.24, 2.45) is 0 Å². The number of nitrogens with zero attached hydrogens (tertiary/aromatic N) is 4. The van der Waals surface area contributed by atoms with Crippen LogP contribution in [0.2, 0.25) is 0 Å². The number of aromatic nitrogens is 3. The van der Waals surface area contributed by atoms with E-state index in [1.807, 2.05) is 30.5 Å². The van der Waals surface area contributed by atoms with Crippen LogP contribution >= 0.6 is 12.4 Å². The summed E-state index contributed by atoms with van der Waals surface area (Å²) in [6.07, 6.45) is 3.60. The molecule has 130 valence electrons. The standard InChI is InChI=1S/C18H19N5O.ClH/c1-23-8-7-19-12-16(23)17-21-18(24-22-17)15-9-14(10-20-11-15)13-5-3-2-4-6-13;/h2-6,9-11,16,19H,7-8,12H2,1H3;1H. The number of piperazine rings is 1. The Morgan fingerprint density at radius 2 is 1.92 bits per heavy atom. The lowest BCUT2D eigenvalue weighted by molar-refractivity contribution is 0.190. The highest BCUT2D eigenvalue weighted by atomic mass is 35.5. The summed E-state index contributed by atoms with van der Waals surface area (Å²) in [5.41, 5.74) is 2.98. The summed E-state index contributed by atoms with van der Waals surface area (Å²) in [4.78, 5) is 11.2. The minimum absolute atomic E-state index is 0. The Bertz CT molecular complexity index is 823. The summed E-state index contributed by atoms with van der Waals surface area (Å²) < 4.78 is 5.49. The predicted molar refractivity (Wildman–Crippen MR) is 98.5 cm³/mol. The van der Waals surface area contributed by atoms with Gasteiger partial charge in [0.25, 0.3) is 5.89 Å². The average molecular weight is 358 g/mol. The van der Waals surface area contributed by atoms with Crippen LogP contribution in [0.25, 0.3) is 22.6 Å². The van der Waals surface area contributed by atoms with Crippen LogP contribution in [0.15, 0.2) is 53.3 Å². The molecule has 0 spiro atoms. The lowest BCUT2D eigenvalue weighted by Gasteiger charge is -2.30. The van der Waals surface area contributed by atoms with Crippen LogP contribution < -0.4 is 5.32 Å². The van der Waals surface area contributed by atoms with Crippen molar-refractivity contribution >= 4 is 12.4 Å². The van der Waals surface area contributed by atoms with E-state index >= 15 is 0 Å². The van der Waals surface area contributed by atoms with Gasteiger partial charge >= 0.3 is 0 Å². The maximum absolute atomic E-state index is 5.49. The molecule has 3 aromatic rings. The van der Waals surface area contributed by atoms with Gasteiger partial charge in [0.2, 0.25) is 0 Å². The number of halogens is 1. The van der Waals surface area contributed by atoms with Crippen molar-refractivity contribution < 1.29 is 4.52 Å². The molecule has 1 aromatic carbocycles. The van der Waals surface area contributed by atoms with E-state index in [0.29, 0.717) is 11.7 Å². The van der Waals surface area contributed by atoms with Crippen molar-refractivity contribution in [2.75, 3.05) is 26.7 Å². The van der Waals surface area contributed by atoms with Gasteiger partial charge in [-0.05, 0) is 18.7 Å². The second-order valence-electron chi connectivity index (χ2n) is 5.99. The normalized spacial score (nSPS) is 17.9. The molecule has 0 aliphatic carbocycles. The largest absolute Gasteiger partial charge is 0.334 e. The summed E-state index contributed by atoms with van der Waals surface area (Å²) >= 11 is 0. The topological polar surface area (TPSA) is 67.1 Å². The number of pyridine rings is 1. The number of benzene rings is 1. The van der Waals surface area contributed by atoms with E-state index in [0.717, 1.165) is 36.3 Å². The molecule has 1 saturated heterocycles. The van der Waals surface area contributed by atoms with Crippen molar-refractivity contribution in [1.29, 1.82) is 0 Å². The molecule has 0 saturated carbocycles. The Kier molecular flexibility index (Phi) is 5.43. The Hall–Kier alpha value is -2.28. The van der Waals surface area contributed by atoms with Gasteiger partial charge in [0, 0.05) is 37.6 Å². The van der Waals surface area contributed by atoms with E-state index in [-0.39, 0.29) is 18.4 Å². The third-order valence-electron chi connectivity index (χ3n) is 4.34. The first kappa shape index (κ1) is 17.5. The number of hydrogen-bond acceptors (Lipinski definition) is 6. The Morgan fingerprint density at radius 3 is 2.72 bits per heavy atom. The fourth-order valence-corrected chi connectivity index (χ4v) is 2.93. The number of rotatable bonds is 3. The smallest absolute Gasteiger partial charge is 0.259 e. The second kappa shape index (κ2) is 7.74. The van der Waals surface area contributed by atoms with Crippen molar-refractivity contribution in [2.45, 2.75) is 6.04 Å². The van der Waals surface area contributed by atoms with Gasteiger partial charge in [0.05, 0.1) is 11.6 Å². The van der Waals surface area contributed by atoms with Crippen LogP contribution in [-0.2, 0) is 0 Å². The molecule has 1 aliphatic rings. The SMILES string of the molecule is CN1CCNCC1c1noc(-c2cncc(-c3ccccc3)c2)n1.Cl. The molecule has 2 aromatic heterocycles. The lowest BCUT2D eigenvalue weighted by Crippen LogP contribution is -2.44. The summed E-state index contributed by atoms with van der Waals surface area (Å²) in [7, 11) is 2.08. The Balaban J connectivity index is 0.00000182. The highest BCUT2D eigenvalue weighted by Gasteiger charge is 2.25. The first-order chi connectivity index (χ1) is 11.8. The minimum atomic E-state index is 0. The van der Waals surface area contributed by atoms with Crippen LogP contribution in [0.5, 0.6) is 0 Å². The van der Waals surface area contributed by atoms with Crippen LogP contribution in [-0.4, -0.2) is 46.7 Å². The predicted octanol–water partition coefficient (Wildman–Crippen LogP) is 2.80. The van der Waals surface area contributed by atoms with Crippen molar-refractivity contribution in [3.63, 3.8) is 0 Å². The van der Waals surface area contributed by atoms with E-state index in [4.69, 9.17) is 4.52 Å². The zero-order chi connectivity index (χ0) is 16.4. The molecule has 0 bridgehead atoms. The maximum atomic E-state index is 5.49. The molecule has 0 radical (unpaired) electrons. The van der Waals surface area contributed by atoms with Gasteiger partial charge in [-0.3, -0.25) is 9.88 Å². The molecule has 0 amide bonds. The lowest BCUT2D eigenvalue weighted by atomic mass is 10.1. The molecule has 25 heavy (non-hydrogen) atoms. The number of hydrogen-bond donors (Lipinski definition) is 1. The summed E-state index contributed by atoms with van der Waals surface area (Å²) in [5, 5.41) is 7.54. The molecule has 6 nitrogen and oxygen atoms in total. The molecule has 1 unspecified atom stereocenters. The minimum Gasteiger partial charge on any atom is -0.334 e. The van der Waals surface area contributed by atoms with E-state index < -0.39 is 0 Å². The fourth-order valence-electron chi connectivity index (χ4n) is 2.93.